The van der Waals surface area contributed by atoms with Gasteiger partial charge < -0.3 is 5.43 Å². The lowest BCUT2D eigenvalue weighted by Gasteiger charge is -2.56. The van der Waals surface area contributed by atoms with Crippen LogP contribution in [0.4, 0.5) is 0 Å². The molecule has 4 bridgehead atoms. The molecule has 4 rings (SSSR count). The minimum Gasteiger partial charge on any atom is -0.312 e. The molecule has 4 fully saturated rings. The Kier molecular flexibility index (Phi) is 2.46. The van der Waals surface area contributed by atoms with Crippen molar-refractivity contribution in [3.05, 3.63) is 0 Å². The van der Waals surface area contributed by atoms with E-state index in [4.69, 9.17) is 5.84 Å². The number of nitrogens with zero attached hydrogens (tertiary/aromatic N) is 1. The molecule has 16 heavy (non-hydrogen) atoms. The largest absolute Gasteiger partial charge is 0.312 e. The smallest absolute Gasteiger partial charge is 0.117 e. The van der Waals surface area contributed by atoms with Gasteiger partial charge in [0.25, 0.3) is 0 Å². The third-order valence-corrected chi connectivity index (χ3v) is 4.99. The number of amidine groups is 1. The summed E-state index contributed by atoms with van der Waals surface area (Å²) in [5, 5.41) is 0. The van der Waals surface area contributed by atoms with Gasteiger partial charge in [0, 0.05) is 12.0 Å². The Morgan fingerprint density at radius 1 is 1.19 bits per heavy atom. The first-order valence-corrected chi connectivity index (χ1v) is 6.77. The summed E-state index contributed by atoms with van der Waals surface area (Å²) in [6.45, 7) is 2.94. The van der Waals surface area contributed by atoms with E-state index in [1.807, 2.05) is 0 Å². The fraction of sp³-hybridized carbons (Fsp3) is 0.923. The minimum absolute atomic E-state index is 0.333. The summed E-state index contributed by atoms with van der Waals surface area (Å²) in [6, 6.07) is 0. The predicted molar refractivity (Wildman–Crippen MR) is 65.9 cm³/mol. The second kappa shape index (κ2) is 3.73. The number of aliphatic imine (C=N–C) groups is 1. The van der Waals surface area contributed by atoms with Crippen molar-refractivity contribution in [1.29, 1.82) is 0 Å². The van der Waals surface area contributed by atoms with Gasteiger partial charge in [0.1, 0.15) is 5.84 Å². The third kappa shape index (κ3) is 1.48. The van der Waals surface area contributed by atoms with Gasteiger partial charge in [-0.3, -0.25) is 4.99 Å². The summed E-state index contributed by atoms with van der Waals surface area (Å²) < 4.78 is 0. The first kappa shape index (κ1) is 10.6. The van der Waals surface area contributed by atoms with Crippen LogP contribution in [0, 0.1) is 23.2 Å². The van der Waals surface area contributed by atoms with Gasteiger partial charge in [-0.15, -0.1) is 0 Å². The van der Waals surface area contributed by atoms with Gasteiger partial charge in [-0.1, -0.05) is 0 Å². The quantitative estimate of drug-likeness (QED) is 0.325. The van der Waals surface area contributed by atoms with Gasteiger partial charge in [-0.2, -0.15) is 0 Å². The molecule has 3 nitrogen and oxygen atoms in total. The van der Waals surface area contributed by atoms with Crippen LogP contribution >= 0.6 is 0 Å². The number of nitrogens with one attached hydrogen (secondary N) is 1. The summed E-state index contributed by atoms with van der Waals surface area (Å²) >= 11 is 0. The van der Waals surface area contributed by atoms with Gasteiger partial charge in [0.2, 0.25) is 0 Å². The van der Waals surface area contributed by atoms with Crippen LogP contribution in [-0.4, -0.2) is 12.4 Å². The highest BCUT2D eigenvalue weighted by molar-refractivity contribution is 5.88. The molecule has 0 radical (unpaired) electrons. The molecule has 0 aromatic heterocycles. The fourth-order valence-corrected chi connectivity index (χ4v) is 4.93. The van der Waals surface area contributed by atoms with Crippen molar-refractivity contribution in [1.82, 2.24) is 5.43 Å². The lowest BCUT2D eigenvalue weighted by molar-refractivity contribution is -0.0142. The van der Waals surface area contributed by atoms with Crippen molar-refractivity contribution in [3.8, 4) is 0 Å². The molecular formula is C13H23N3. The number of hydrazine groups is 1. The van der Waals surface area contributed by atoms with Crippen molar-refractivity contribution < 1.29 is 0 Å². The normalized spacial score (nSPS) is 46.1. The van der Waals surface area contributed by atoms with Crippen LogP contribution in [0.15, 0.2) is 4.99 Å². The molecule has 0 unspecified atom stereocenters. The molecule has 0 aromatic carbocycles. The third-order valence-electron chi connectivity index (χ3n) is 4.99. The van der Waals surface area contributed by atoms with E-state index in [0.29, 0.717) is 5.41 Å². The molecule has 3 N–H and O–H groups in total. The molecule has 0 aromatic rings. The Labute approximate surface area is 97.9 Å². The van der Waals surface area contributed by atoms with E-state index in [1.54, 1.807) is 0 Å². The van der Waals surface area contributed by atoms with E-state index in [2.05, 4.69) is 17.3 Å². The standard InChI is InChI=1S/C13H23N3/c1-2-15-12(16-14)13-6-9-3-10(7-13)5-11(4-9)8-13/h9-11H,2-8,14H2,1H3,(H,15,16). The highest BCUT2D eigenvalue weighted by Crippen LogP contribution is 2.60. The van der Waals surface area contributed by atoms with Crippen molar-refractivity contribution in [3.63, 3.8) is 0 Å². The van der Waals surface area contributed by atoms with Crippen LogP contribution in [0.1, 0.15) is 45.4 Å². The minimum atomic E-state index is 0.333. The second-order valence-corrected chi connectivity index (χ2v) is 6.17. The van der Waals surface area contributed by atoms with Crippen LogP contribution in [-0.2, 0) is 0 Å². The summed E-state index contributed by atoms with van der Waals surface area (Å²) in [7, 11) is 0. The predicted octanol–water partition coefficient (Wildman–Crippen LogP) is 2.08. The molecule has 0 spiro atoms. The Bertz CT molecular complexity index is 273. The van der Waals surface area contributed by atoms with Gasteiger partial charge in [0.15, 0.2) is 0 Å². The zero-order valence-corrected chi connectivity index (χ0v) is 10.2. The number of rotatable bonds is 2. The number of hydrogen-bond donors (Lipinski definition) is 2. The maximum Gasteiger partial charge on any atom is 0.117 e. The second-order valence-electron chi connectivity index (χ2n) is 6.17. The van der Waals surface area contributed by atoms with Crippen LogP contribution in [0.25, 0.3) is 0 Å². The van der Waals surface area contributed by atoms with E-state index >= 15 is 0 Å². The van der Waals surface area contributed by atoms with Crippen molar-refractivity contribution in [2.45, 2.75) is 45.4 Å². The van der Waals surface area contributed by atoms with E-state index in [-0.39, 0.29) is 0 Å². The van der Waals surface area contributed by atoms with Crippen LogP contribution in [0.5, 0.6) is 0 Å². The van der Waals surface area contributed by atoms with Gasteiger partial charge in [0.05, 0.1) is 0 Å². The summed E-state index contributed by atoms with van der Waals surface area (Å²) in [5.74, 6) is 9.68. The molecule has 4 saturated carbocycles. The highest BCUT2D eigenvalue weighted by Gasteiger charge is 2.53. The summed E-state index contributed by atoms with van der Waals surface area (Å²) in [5.41, 5.74) is 3.24. The molecule has 3 heteroatoms. The Balaban J connectivity index is 1.90. The molecule has 0 amide bonds. The Morgan fingerprint density at radius 3 is 2.06 bits per heavy atom. The molecule has 0 aliphatic heterocycles. The first-order valence-electron chi connectivity index (χ1n) is 6.77. The van der Waals surface area contributed by atoms with Crippen LogP contribution in [0.2, 0.25) is 0 Å². The van der Waals surface area contributed by atoms with Crippen molar-refractivity contribution in [2.24, 2.45) is 34.0 Å². The van der Waals surface area contributed by atoms with Crippen molar-refractivity contribution in [2.75, 3.05) is 6.54 Å². The number of nitrogens with two attached hydrogens (primary N) is 1. The Hall–Kier alpha value is -0.570. The lowest BCUT2D eigenvalue weighted by atomic mass is 9.49. The van der Waals surface area contributed by atoms with Gasteiger partial charge >= 0.3 is 0 Å². The average Bonchev–Trinajstić information content (AvgIpc) is 2.23. The molecule has 4 aliphatic rings. The van der Waals surface area contributed by atoms with Crippen LogP contribution in [0.3, 0.4) is 0 Å². The van der Waals surface area contributed by atoms with E-state index in [9.17, 15) is 0 Å². The van der Waals surface area contributed by atoms with Gasteiger partial charge in [-0.05, 0) is 63.2 Å². The zero-order valence-electron chi connectivity index (χ0n) is 10.2. The summed E-state index contributed by atoms with van der Waals surface area (Å²) in [4.78, 5) is 4.61. The molecule has 4 aliphatic carbocycles. The fourth-order valence-electron chi connectivity index (χ4n) is 4.93. The molecule has 90 valence electrons. The Morgan fingerprint density at radius 2 is 1.69 bits per heavy atom. The van der Waals surface area contributed by atoms with Crippen molar-refractivity contribution >= 4 is 5.84 Å². The van der Waals surface area contributed by atoms with Crippen LogP contribution < -0.4 is 11.3 Å². The van der Waals surface area contributed by atoms with Gasteiger partial charge in [-0.25, -0.2) is 5.84 Å². The molecule has 0 saturated heterocycles. The molecule has 0 atom stereocenters. The topological polar surface area (TPSA) is 50.4 Å². The zero-order chi connectivity index (χ0) is 11.2. The lowest BCUT2D eigenvalue weighted by Crippen LogP contribution is -2.55. The maximum atomic E-state index is 5.70. The first-order chi connectivity index (χ1) is 7.75. The van der Waals surface area contributed by atoms with E-state index in [1.165, 1.54) is 38.5 Å². The molecule has 0 heterocycles. The van der Waals surface area contributed by atoms with E-state index in [0.717, 1.165) is 30.1 Å². The number of hydrogen-bond acceptors (Lipinski definition) is 2. The molecular weight excluding hydrogens is 198 g/mol. The maximum absolute atomic E-state index is 5.70. The summed E-state index contributed by atoms with van der Waals surface area (Å²) in [6.07, 6.45) is 8.43. The van der Waals surface area contributed by atoms with E-state index < -0.39 is 0 Å². The SMILES string of the molecule is CCN=C(NN)C12CC3CC(CC(C3)C1)C2. The monoisotopic (exact) mass is 221 g/mol. The highest BCUT2D eigenvalue weighted by atomic mass is 15.3. The average molecular weight is 221 g/mol.